The molecule has 0 fully saturated rings. The molecule has 0 aliphatic heterocycles. The van der Waals surface area contributed by atoms with E-state index in [4.69, 9.17) is 0 Å². The zero-order valence-corrected chi connectivity index (χ0v) is 14.7. The first-order valence-corrected chi connectivity index (χ1v) is 9.26. The van der Waals surface area contributed by atoms with Gasteiger partial charge in [-0.05, 0) is 56.3 Å². The van der Waals surface area contributed by atoms with Crippen LogP contribution >= 0.6 is 0 Å². The highest BCUT2D eigenvalue weighted by Crippen LogP contribution is 2.30. The highest BCUT2D eigenvalue weighted by atomic mass is 14.2. The van der Waals surface area contributed by atoms with Gasteiger partial charge in [-0.3, -0.25) is 0 Å². The highest BCUT2D eigenvalue weighted by molar-refractivity contribution is 6.07. The van der Waals surface area contributed by atoms with Crippen LogP contribution in [0.15, 0.2) is 97.1 Å². The van der Waals surface area contributed by atoms with E-state index in [1.54, 1.807) is 0 Å². The van der Waals surface area contributed by atoms with Crippen LogP contribution in [0.3, 0.4) is 0 Å². The predicted octanol–water partition coefficient (Wildman–Crippen LogP) is 6.93. The second-order valence-corrected chi connectivity index (χ2v) is 6.94. The third-order valence-electron chi connectivity index (χ3n) is 5.40. The van der Waals surface area contributed by atoms with E-state index in [0.717, 1.165) is 0 Å². The van der Waals surface area contributed by atoms with E-state index < -0.39 is 0 Å². The predicted molar refractivity (Wildman–Crippen MR) is 113 cm³/mol. The molecule has 0 bridgehead atoms. The van der Waals surface area contributed by atoms with Crippen molar-refractivity contribution in [1.29, 1.82) is 0 Å². The molecule has 0 N–H and O–H groups in total. The summed E-state index contributed by atoms with van der Waals surface area (Å²) in [7, 11) is 0. The molecule has 0 spiro atoms. The maximum Gasteiger partial charge on any atom is -0.0105 e. The summed E-state index contributed by atoms with van der Waals surface area (Å²) in [5.41, 5.74) is 3.06. The number of hydrogen-bond acceptors (Lipinski definition) is 0. The fraction of sp³-hybridized carbons (Fsp3) is 0.0769. The van der Waals surface area contributed by atoms with E-state index in [0.29, 0.717) is 0 Å². The Morgan fingerprint density at radius 2 is 0.846 bits per heavy atom. The largest absolute Gasteiger partial charge is 0.0616 e. The van der Waals surface area contributed by atoms with Gasteiger partial charge >= 0.3 is 0 Å². The standard InChI is InChI=1S/C14H10.C12H10/c1-3-7-13-11(5-1)9-10-12-6-2-4-8-14(12)13;1-3-9-4-2-6-11-8-7-10(5-1)12(9)11/h1-10H;1-6H,7-8H2. The maximum atomic E-state index is 2.25. The molecule has 0 atom stereocenters. The molecule has 0 amide bonds. The van der Waals surface area contributed by atoms with Crippen molar-refractivity contribution in [3.05, 3.63) is 108 Å². The molecular formula is C26H20. The van der Waals surface area contributed by atoms with E-state index in [9.17, 15) is 0 Å². The Morgan fingerprint density at radius 1 is 0.385 bits per heavy atom. The van der Waals surface area contributed by atoms with Crippen LogP contribution in [0.5, 0.6) is 0 Å². The lowest BCUT2D eigenvalue weighted by Gasteiger charge is -2.02. The van der Waals surface area contributed by atoms with E-state index in [1.807, 2.05) is 0 Å². The van der Waals surface area contributed by atoms with Crippen molar-refractivity contribution in [3.63, 3.8) is 0 Å². The van der Waals surface area contributed by atoms with Crippen molar-refractivity contribution in [3.8, 4) is 0 Å². The lowest BCUT2D eigenvalue weighted by Crippen LogP contribution is -1.76. The van der Waals surface area contributed by atoms with E-state index in [1.165, 1.54) is 56.3 Å². The second-order valence-electron chi connectivity index (χ2n) is 6.94. The molecule has 0 radical (unpaired) electrons. The van der Waals surface area contributed by atoms with Crippen molar-refractivity contribution in [2.24, 2.45) is 0 Å². The Hall–Kier alpha value is -3.12. The van der Waals surface area contributed by atoms with Crippen LogP contribution < -0.4 is 0 Å². The van der Waals surface area contributed by atoms with Crippen LogP contribution in [0.25, 0.3) is 32.3 Å². The Kier molecular flexibility index (Phi) is 3.68. The molecule has 1 aliphatic rings. The van der Waals surface area contributed by atoms with Crippen LogP contribution in [-0.4, -0.2) is 0 Å². The average molecular weight is 332 g/mol. The normalized spacial score (nSPS) is 12.3. The van der Waals surface area contributed by atoms with Crippen molar-refractivity contribution < 1.29 is 0 Å². The Labute approximate surface area is 153 Å². The summed E-state index contributed by atoms with van der Waals surface area (Å²) in [6, 6.07) is 34.6. The molecule has 0 saturated carbocycles. The summed E-state index contributed by atoms with van der Waals surface area (Å²) in [6.45, 7) is 0. The third kappa shape index (κ3) is 2.55. The molecular weight excluding hydrogens is 312 g/mol. The fourth-order valence-electron chi connectivity index (χ4n) is 4.14. The van der Waals surface area contributed by atoms with Gasteiger partial charge in [0.05, 0.1) is 0 Å². The first-order chi connectivity index (χ1) is 12.9. The topological polar surface area (TPSA) is 0 Å². The Bertz CT molecular complexity index is 1140. The van der Waals surface area contributed by atoms with Crippen LogP contribution in [0.2, 0.25) is 0 Å². The monoisotopic (exact) mass is 332 g/mol. The molecule has 5 aromatic carbocycles. The van der Waals surface area contributed by atoms with Crippen molar-refractivity contribution in [2.45, 2.75) is 12.8 Å². The SMILES string of the molecule is c1cc2c3c(cccc3c1)CC2.c1ccc2c(c1)ccc1ccccc12. The first-order valence-electron chi connectivity index (χ1n) is 9.26. The van der Waals surface area contributed by atoms with Gasteiger partial charge in [0.1, 0.15) is 0 Å². The molecule has 26 heavy (non-hydrogen) atoms. The minimum absolute atomic E-state index is 1.23. The second kappa shape index (κ2) is 6.31. The van der Waals surface area contributed by atoms with Crippen LogP contribution in [0.4, 0.5) is 0 Å². The fourth-order valence-corrected chi connectivity index (χ4v) is 4.14. The summed E-state index contributed by atoms with van der Waals surface area (Å²) in [5, 5.41) is 8.22. The van der Waals surface area contributed by atoms with Crippen LogP contribution in [0, 0.1) is 0 Å². The van der Waals surface area contributed by atoms with Gasteiger partial charge in [0.2, 0.25) is 0 Å². The molecule has 1 aliphatic carbocycles. The van der Waals surface area contributed by atoms with E-state index >= 15 is 0 Å². The summed E-state index contributed by atoms with van der Waals surface area (Å²) in [5.74, 6) is 0. The molecule has 5 aromatic rings. The number of fused-ring (bicyclic) bond motifs is 3. The number of hydrogen-bond donors (Lipinski definition) is 0. The van der Waals surface area contributed by atoms with Crippen LogP contribution in [0.1, 0.15) is 11.1 Å². The van der Waals surface area contributed by atoms with Gasteiger partial charge in [0.15, 0.2) is 0 Å². The Morgan fingerprint density at radius 3 is 1.38 bits per heavy atom. The van der Waals surface area contributed by atoms with Gasteiger partial charge in [-0.25, -0.2) is 0 Å². The van der Waals surface area contributed by atoms with Gasteiger partial charge < -0.3 is 0 Å². The van der Waals surface area contributed by atoms with Gasteiger partial charge in [0.25, 0.3) is 0 Å². The smallest absolute Gasteiger partial charge is 0.0105 e. The summed E-state index contributed by atoms with van der Waals surface area (Å²) in [6.07, 6.45) is 2.47. The van der Waals surface area contributed by atoms with Gasteiger partial charge in [-0.15, -0.1) is 0 Å². The number of rotatable bonds is 0. The zero-order valence-electron chi connectivity index (χ0n) is 14.7. The first kappa shape index (κ1) is 15.2. The van der Waals surface area contributed by atoms with Gasteiger partial charge in [0, 0.05) is 0 Å². The number of benzene rings is 5. The van der Waals surface area contributed by atoms with E-state index in [2.05, 4.69) is 97.1 Å². The molecule has 0 saturated heterocycles. The Balaban J connectivity index is 0.000000117. The van der Waals surface area contributed by atoms with Crippen molar-refractivity contribution >= 4 is 32.3 Å². The maximum absolute atomic E-state index is 2.25. The molecule has 124 valence electrons. The van der Waals surface area contributed by atoms with Gasteiger partial charge in [-0.1, -0.05) is 97.1 Å². The van der Waals surface area contributed by atoms with Crippen molar-refractivity contribution in [1.82, 2.24) is 0 Å². The molecule has 0 aromatic heterocycles. The molecule has 0 nitrogen and oxygen atoms in total. The summed E-state index contributed by atoms with van der Waals surface area (Å²) in [4.78, 5) is 0. The molecule has 0 heterocycles. The van der Waals surface area contributed by atoms with Crippen molar-refractivity contribution in [2.75, 3.05) is 0 Å². The molecule has 6 rings (SSSR count). The lowest BCUT2D eigenvalue weighted by atomic mass is 10.0. The quantitative estimate of drug-likeness (QED) is 0.270. The molecule has 0 unspecified atom stereocenters. The van der Waals surface area contributed by atoms with Gasteiger partial charge in [-0.2, -0.15) is 0 Å². The van der Waals surface area contributed by atoms with Crippen LogP contribution in [-0.2, 0) is 12.8 Å². The average Bonchev–Trinajstić information content (AvgIpc) is 3.14. The zero-order chi connectivity index (χ0) is 17.3. The third-order valence-corrected chi connectivity index (χ3v) is 5.40. The highest BCUT2D eigenvalue weighted by Gasteiger charge is 2.11. The molecule has 0 heteroatoms. The minimum atomic E-state index is 1.23. The minimum Gasteiger partial charge on any atom is -0.0616 e. The number of aryl methyl sites for hydroxylation is 2. The van der Waals surface area contributed by atoms with E-state index in [-0.39, 0.29) is 0 Å². The summed E-state index contributed by atoms with van der Waals surface area (Å²) < 4.78 is 0. The lowest BCUT2D eigenvalue weighted by molar-refractivity contribution is 1.02. The summed E-state index contributed by atoms with van der Waals surface area (Å²) >= 11 is 0.